The van der Waals surface area contributed by atoms with E-state index in [-0.39, 0.29) is 0 Å². The summed E-state index contributed by atoms with van der Waals surface area (Å²) in [5.41, 5.74) is 1.59. The minimum Gasteiger partial charge on any atom is -0.0844 e. The smallest absolute Gasteiger partial charge is 0.0139 e. The molecule has 58 valence electrons. The molecule has 0 aromatic carbocycles. The van der Waals surface area contributed by atoms with Gasteiger partial charge in [0.05, 0.1) is 0 Å². The second kappa shape index (κ2) is 6.60. The highest BCUT2D eigenvalue weighted by Crippen LogP contribution is 2.12. The average Bonchev–Trinajstić information content (AvgIpc) is 2.10. The first-order chi connectivity index (χ1) is 4.93. The van der Waals surface area contributed by atoms with Gasteiger partial charge in [0, 0.05) is 0 Å². The number of allylic oxidation sites excluding steroid dienone is 4. The van der Waals surface area contributed by atoms with Gasteiger partial charge in [-0.1, -0.05) is 44.6 Å². The maximum Gasteiger partial charge on any atom is -0.0139 e. The van der Waals surface area contributed by atoms with Crippen LogP contribution < -0.4 is 0 Å². The largest absolute Gasteiger partial charge is 0.0844 e. The van der Waals surface area contributed by atoms with Crippen molar-refractivity contribution in [3.63, 3.8) is 0 Å². The lowest BCUT2D eigenvalue weighted by Crippen LogP contribution is -1.82. The third-order valence-corrected chi connectivity index (χ3v) is 1.54. The van der Waals surface area contributed by atoms with E-state index in [1.807, 2.05) is 13.8 Å². The minimum absolute atomic E-state index is 1.16. The van der Waals surface area contributed by atoms with Crippen molar-refractivity contribution in [2.45, 2.75) is 40.0 Å². The van der Waals surface area contributed by atoms with Crippen LogP contribution >= 0.6 is 0 Å². The van der Waals surface area contributed by atoms with Crippen molar-refractivity contribution in [3.05, 3.63) is 23.8 Å². The van der Waals surface area contributed by atoms with Crippen molar-refractivity contribution in [1.29, 1.82) is 0 Å². The Morgan fingerprint density at radius 2 is 2.00 bits per heavy atom. The Balaban J connectivity index is 0.000000371. The molecule has 0 aromatic heterocycles. The van der Waals surface area contributed by atoms with Crippen LogP contribution in [-0.2, 0) is 0 Å². The lowest BCUT2D eigenvalue weighted by atomic mass is 10.0. The zero-order valence-electron chi connectivity index (χ0n) is 7.35. The summed E-state index contributed by atoms with van der Waals surface area (Å²) in [6, 6.07) is 0. The lowest BCUT2D eigenvalue weighted by molar-refractivity contribution is 0.991. The molecule has 0 heterocycles. The molecule has 0 N–H and O–H groups in total. The van der Waals surface area contributed by atoms with Crippen LogP contribution in [0.5, 0.6) is 0 Å². The van der Waals surface area contributed by atoms with E-state index in [0.29, 0.717) is 0 Å². The van der Waals surface area contributed by atoms with Gasteiger partial charge in [0.1, 0.15) is 0 Å². The van der Waals surface area contributed by atoms with Gasteiger partial charge in [0.15, 0.2) is 0 Å². The fourth-order valence-electron chi connectivity index (χ4n) is 0.938. The molecule has 0 atom stereocenters. The van der Waals surface area contributed by atoms with Crippen molar-refractivity contribution in [3.8, 4) is 0 Å². The third kappa shape index (κ3) is 3.49. The minimum atomic E-state index is 1.16. The highest BCUT2D eigenvalue weighted by Gasteiger charge is 1.92. The average molecular weight is 138 g/mol. The van der Waals surface area contributed by atoms with Crippen molar-refractivity contribution < 1.29 is 0 Å². The van der Waals surface area contributed by atoms with Crippen LogP contribution in [0.15, 0.2) is 23.8 Å². The quantitative estimate of drug-likeness (QED) is 0.485. The molecule has 0 fully saturated rings. The van der Waals surface area contributed by atoms with E-state index in [2.05, 4.69) is 25.2 Å². The first-order valence-electron chi connectivity index (χ1n) is 4.26. The predicted octanol–water partition coefficient (Wildman–Crippen LogP) is 3.70. The van der Waals surface area contributed by atoms with E-state index in [4.69, 9.17) is 0 Å². The summed E-state index contributed by atoms with van der Waals surface area (Å²) in [4.78, 5) is 0. The summed E-state index contributed by atoms with van der Waals surface area (Å²) in [6.07, 6.45) is 10.4. The molecule has 10 heavy (non-hydrogen) atoms. The van der Waals surface area contributed by atoms with Crippen molar-refractivity contribution in [2.75, 3.05) is 0 Å². The molecule has 0 heteroatoms. The summed E-state index contributed by atoms with van der Waals surface area (Å²) in [6.45, 7) is 6.21. The molecule has 0 aromatic rings. The first-order valence-corrected chi connectivity index (χ1v) is 4.26. The second-order valence-corrected chi connectivity index (χ2v) is 2.13. The molecule has 0 radical (unpaired) electrons. The standard InChI is InChI=1S/C8H12.C2H6/c1-2-8-6-4-3-5-7-8;1-2/h3-4,7H,2,5-6H2,1H3;1-2H3. The Labute approximate surface area is 64.6 Å². The zero-order valence-corrected chi connectivity index (χ0v) is 7.35. The van der Waals surface area contributed by atoms with E-state index in [0.717, 1.165) is 6.42 Å². The number of rotatable bonds is 1. The molecule has 0 bridgehead atoms. The van der Waals surface area contributed by atoms with Gasteiger partial charge in [-0.15, -0.1) is 0 Å². The Kier molecular flexibility index (Phi) is 6.25. The molecule has 0 nitrogen and oxygen atoms in total. The molecule has 1 aliphatic rings. The van der Waals surface area contributed by atoms with E-state index >= 15 is 0 Å². The zero-order chi connectivity index (χ0) is 7.82. The van der Waals surface area contributed by atoms with Gasteiger partial charge >= 0.3 is 0 Å². The number of hydrogen-bond acceptors (Lipinski definition) is 0. The Morgan fingerprint density at radius 3 is 2.30 bits per heavy atom. The van der Waals surface area contributed by atoms with E-state index in [1.165, 1.54) is 12.8 Å². The highest BCUT2D eigenvalue weighted by atomic mass is 14.0. The van der Waals surface area contributed by atoms with Crippen LogP contribution in [0.2, 0.25) is 0 Å². The fraction of sp³-hybridized carbons (Fsp3) is 0.600. The maximum absolute atomic E-state index is 2.32. The molecule has 1 rings (SSSR count). The van der Waals surface area contributed by atoms with Crippen LogP contribution in [0.25, 0.3) is 0 Å². The van der Waals surface area contributed by atoms with Crippen LogP contribution in [0, 0.1) is 0 Å². The van der Waals surface area contributed by atoms with Crippen LogP contribution in [0.3, 0.4) is 0 Å². The van der Waals surface area contributed by atoms with Gasteiger partial charge in [-0.3, -0.25) is 0 Å². The van der Waals surface area contributed by atoms with Crippen molar-refractivity contribution in [2.24, 2.45) is 0 Å². The van der Waals surface area contributed by atoms with Crippen molar-refractivity contribution >= 4 is 0 Å². The van der Waals surface area contributed by atoms with Gasteiger partial charge in [-0.05, 0) is 19.3 Å². The summed E-state index contributed by atoms with van der Waals surface area (Å²) in [7, 11) is 0. The fourth-order valence-corrected chi connectivity index (χ4v) is 0.938. The van der Waals surface area contributed by atoms with Gasteiger partial charge in [0.25, 0.3) is 0 Å². The monoisotopic (exact) mass is 138 g/mol. The number of hydrogen-bond donors (Lipinski definition) is 0. The molecule has 0 saturated carbocycles. The van der Waals surface area contributed by atoms with Crippen LogP contribution in [0.4, 0.5) is 0 Å². The lowest BCUT2D eigenvalue weighted by Gasteiger charge is -2.02. The molecule has 1 aliphatic carbocycles. The highest BCUT2D eigenvalue weighted by molar-refractivity contribution is 5.13. The molecule has 0 amide bonds. The predicted molar refractivity (Wildman–Crippen MR) is 48.1 cm³/mol. The summed E-state index contributed by atoms with van der Waals surface area (Å²) in [5.74, 6) is 0. The SMILES string of the molecule is CC.CCC1=CCC=CC1. The van der Waals surface area contributed by atoms with Crippen LogP contribution in [-0.4, -0.2) is 0 Å². The molecule has 0 spiro atoms. The molecular formula is C10H18. The van der Waals surface area contributed by atoms with E-state index in [9.17, 15) is 0 Å². The van der Waals surface area contributed by atoms with Gasteiger partial charge in [-0.25, -0.2) is 0 Å². The molecule has 0 unspecified atom stereocenters. The normalized spacial score (nSPS) is 15.3. The van der Waals surface area contributed by atoms with Crippen molar-refractivity contribution in [1.82, 2.24) is 0 Å². The molecule has 0 saturated heterocycles. The maximum atomic E-state index is 2.32. The molecular weight excluding hydrogens is 120 g/mol. The molecule has 0 aliphatic heterocycles. The first kappa shape index (κ1) is 9.48. The Hall–Kier alpha value is -0.520. The van der Waals surface area contributed by atoms with E-state index < -0.39 is 0 Å². The summed E-state index contributed by atoms with van der Waals surface area (Å²) < 4.78 is 0. The Morgan fingerprint density at radius 1 is 1.30 bits per heavy atom. The summed E-state index contributed by atoms with van der Waals surface area (Å²) >= 11 is 0. The Bertz CT molecular complexity index is 118. The van der Waals surface area contributed by atoms with Crippen LogP contribution in [0.1, 0.15) is 40.0 Å². The second-order valence-electron chi connectivity index (χ2n) is 2.13. The van der Waals surface area contributed by atoms with Gasteiger partial charge in [-0.2, -0.15) is 0 Å². The van der Waals surface area contributed by atoms with Gasteiger partial charge < -0.3 is 0 Å². The third-order valence-electron chi connectivity index (χ3n) is 1.54. The van der Waals surface area contributed by atoms with Gasteiger partial charge in [0.2, 0.25) is 0 Å². The summed E-state index contributed by atoms with van der Waals surface area (Å²) in [5, 5.41) is 0. The topological polar surface area (TPSA) is 0 Å². The van der Waals surface area contributed by atoms with E-state index in [1.54, 1.807) is 5.57 Å².